The van der Waals surface area contributed by atoms with Crippen LogP contribution in [0.3, 0.4) is 0 Å². The molecule has 1 aromatic rings. The lowest BCUT2D eigenvalue weighted by molar-refractivity contribution is 0.174. The number of halogens is 2. The largest absolute Gasteiger partial charge is 0.454 e. The zero-order valence-electron chi connectivity index (χ0n) is 8.93. The summed E-state index contributed by atoms with van der Waals surface area (Å²) in [6.45, 7) is 2.50. The van der Waals surface area contributed by atoms with Gasteiger partial charge in [-0.3, -0.25) is 0 Å². The molecule has 0 saturated heterocycles. The second kappa shape index (κ2) is 4.47. The van der Waals surface area contributed by atoms with Crippen LogP contribution in [0.1, 0.15) is 24.8 Å². The molecular weight excluding hydrogens is 233 g/mol. The summed E-state index contributed by atoms with van der Waals surface area (Å²) in [4.78, 5) is 0. The lowest BCUT2D eigenvalue weighted by atomic mass is 9.97. The molecule has 1 aliphatic rings. The number of nitrogens with two attached hydrogens (primary N) is 1. The second-order valence-corrected chi connectivity index (χ2v) is 4.18. The first-order valence-electron chi connectivity index (χ1n) is 5.12. The summed E-state index contributed by atoms with van der Waals surface area (Å²) in [5.74, 6) is 0.372. The summed E-state index contributed by atoms with van der Waals surface area (Å²) in [7, 11) is 0. The topological polar surface area (TPSA) is 44.5 Å². The molecule has 1 aliphatic heterocycles. The minimum absolute atomic E-state index is 0.00567. The van der Waals surface area contributed by atoms with E-state index in [9.17, 15) is 4.39 Å². The summed E-state index contributed by atoms with van der Waals surface area (Å²) < 4.78 is 24.2. The molecule has 0 fully saturated rings. The van der Waals surface area contributed by atoms with Crippen molar-refractivity contribution in [1.82, 2.24) is 0 Å². The molecule has 1 heterocycles. The van der Waals surface area contributed by atoms with Crippen LogP contribution in [-0.2, 0) is 0 Å². The molecule has 0 saturated carbocycles. The van der Waals surface area contributed by atoms with Gasteiger partial charge >= 0.3 is 0 Å². The van der Waals surface area contributed by atoms with Crippen LogP contribution < -0.4 is 15.2 Å². The van der Waals surface area contributed by atoms with Crippen molar-refractivity contribution in [3.05, 3.63) is 22.5 Å². The smallest absolute Gasteiger partial charge is 0.231 e. The Bertz CT molecular complexity index is 411. The fourth-order valence-electron chi connectivity index (χ4n) is 1.76. The van der Waals surface area contributed by atoms with Crippen molar-refractivity contribution >= 4 is 11.6 Å². The highest BCUT2D eigenvalue weighted by Gasteiger charge is 2.25. The lowest BCUT2D eigenvalue weighted by Crippen LogP contribution is -2.06. The van der Waals surface area contributed by atoms with Gasteiger partial charge in [0.05, 0.1) is 0 Å². The minimum Gasteiger partial charge on any atom is -0.454 e. The van der Waals surface area contributed by atoms with Gasteiger partial charge in [-0.15, -0.1) is 0 Å². The van der Waals surface area contributed by atoms with E-state index in [1.807, 2.05) is 6.92 Å². The van der Waals surface area contributed by atoms with Gasteiger partial charge in [0.2, 0.25) is 6.79 Å². The van der Waals surface area contributed by atoms with Crippen LogP contribution in [0, 0.1) is 5.82 Å². The van der Waals surface area contributed by atoms with E-state index in [-0.39, 0.29) is 17.7 Å². The molecule has 1 aromatic carbocycles. The van der Waals surface area contributed by atoms with Crippen LogP contribution in [-0.4, -0.2) is 13.3 Å². The molecule has 1 atom stereocenters. The van der Waals surface area contributed by atoms with E-state index in [4.69, 9.17) is 26.8 Å². The van der Waals surface area contributed by atoms with Gasteiger partial charge in [0.1, 0.15) is 10.8 Å². The SMILES string of the molecule is CC(CCN)c1cc2c(c(Cl)c1F)OCO2. The number of rotatable bonds is 3. The summed E-state index contributed by atoms with van der Waals surface area (Å²) in [5.41, 5.74) is 5.98. The molecule has 0 aliphatic carbocycles. The predicted molar refractivity (Wildman–Crippen MR) is 59.6 cm³/mol. The molecule has 3 nitrogen and oxygen atoms in total. The fraction of sp³-hybridized carbons (Fsp3) is 0.455. The monoisotopic (exact) mass is 245 g/mol. The van der Waals surface area contributed by atoms with Gasteiger partial charge in [-0.2, -0.15) is 0 Å². The Morgan fingerprint density at radius 1 is 1.56 bits per heavy atom. The van der Waals surface area contributed by atoms with Gasteiger partial charge in [-0.25, -0.2) is 4.39 Å². The standard InChI is InChI=1S/C11H13ClFNO2/c1-6(2-3-14)7-4-8-11(16-5-15-8)9(12)10(7)13/h4,6H,2-3,5,14H2,1H3. The first-order chi connectivity index (χ1) is 7.65. The molecule has 5 heteroatoms. The molecule has 0 spiro atoms. The number of hydrogen-bond donors (Lipinski definition) is 1. The van der Waals surface area contributed by atoms with Gasteiger partial charge in [0, 0.05) is 0 Å². The van der Waals surface area contributed by atoms with Gasteiger partial charge < -0.3 is 15.2 Å². The van der Waals surface area contributed by atoms with Crippen LogP contribution in [0.4, 0.5) is 4.39 Å². The fourth-order valence-corrected chi connectivity index (χ4v) is 2.02. The van der Waals surface area contributed by atoms with E-state index in [2.05, 4.69) is 0 Å². The summed E-state index contributed by atoms with van der Waals surface area (Å²) >= 11 is 5.88. The lowest BCUT2D eigenvalue weighted by Gasteiger charge is -2.13. The number of hydrogen-bond acceptors (Lipinski definition) is 3. The zero-order valence-corrected chi connectivity index (χ0v) is 9.68. The maximum Gasteiger partial charge on any atom is 0.231 e. The average molecular weight is 246 g/mol. The Kier molecular flexibility index (Phi) is 3.21. The van der Waals surface area contributed by atoms with Crippen molar-refractivity contribution in [3.63, 3.8) is 0 Å². The van der Waals surface area contributed by atoms with Crippen molar-refractivity contribution < 1.29 is 13.9 Å². The molecule has 0 aromatic heterocycles. The van der Waals surface area contributed by atoms with Crippen molar-refractivity contribution in [1.29, 1.82) is 0 Å². The van der Waals surface area contributed by atoms with Crippen molar-refractivity contribution in [2.45, 2.75) is 19.3 Å². The third-order valence-corrected chi connectivity index (χ3v) is 3.04. The van der Waals surface area contributed by atoms with E-state index in [1.54, 1.807) is 6.07 Å². The van der Waals surface area contributed by atoms with Crippen LogP contribution >= 0.6 is 11.6 Å². The van der Waals surface area contributed by atoms with Crippen molar-refractivity contribution in [2.75, 3.05) is 13.3 Å². The molecule has 2 N–H and O–H groups in total. The highest BCUT2D eigenvalue weighted by molar-refractivity contribution is 6.32. The maximum absolute atomic E-state index is 13.9. The minimum atomic E-state index is -0.438. The predicted octanol–water partition coefficient (Wildman–Crippen LogP) is 2.66. The molecular formula is C11H13ClFNO2. The number of ether oxygens (including phenoxy) is 2. The average Bonchev–Trinajstić information content (AvgIpc) is 2.71. The summed E-state index contributed by atoms with van der Waals surface area (Å²) in [5, 5.41) is -0.00567. The van der Waals surface area contributed by atoms with Gasteiger partial charge in [0.15, 0.2) is 11.5 Å². The Morgan fingerprint density at radius 3 is 3.00 bits per heavy atom. The van der Waals surface area contributed by atoms with E-state index in [0.717, 1.165) is 0 Å². The summed E-state index contributed by atoms with van der Waals surface area (Å²) in [6, 6.07) is 1.64. The quantitative estimate of drug-likeness (QED) is 0.891. The normalized spacial score (nSPS) is 15.2. The third kappa shape index (κ3) is 1.83. The Morgan fingerprint density at radius 2 is 2.31 bits per heavy atom. The highest BCUT2D eigenvalue weighted by atomic mass is 35.5. The summed E-state index contributed by atoms with van der Waals surface area (Å²) in [6.07, 6.45) is 0.701. The Labute approximate surface area is 98.3 Å². The molecule has 16 heavy (non-hydrogen) atoms. The van der Waals surface area contributed by atoms with Crippen LogP contribution in [0.2, 0.25) is 5.02 Å². The molecule has 0 radical (unpaired) electrons. The highest BCUT2D eigenvalue weighted by Crippen LogP contribution is 2.43. The molecule has 2 rings (SSSR count). The third-order valence-electron chi connectivity index (χ3n) is 2.70. The van der Waals surface area contributed by atoms with E-state index in [1.165, 1.54) is 0 Å². The van der Waals surface area contributed by atoms with E-state index in [0.29, 0.717) is 30.0 Å². The van der Waals surface area contributed by atoms with Gasteiger partial charge in [-0.1, -0.05) is 18.5 Å². The Balaban J connectivity index is 2.43. The van der Waals surface area contributed by atoms with Crippen molar-refractivity contribution in [3.8, 4) is 11.5 Å². The van der Waals surface area contributed by atoms with Gasteiger partial charge in [0.25, 0.3) is 0 Å². The van der Waals surface area contributed by atoms with Crippen LogP contribution in [0.25, 0.3) is 0 Å². The molecule has 88 valence electrons. The molecule has 1 unspecified atom stereocenters. The van der Waals surface area contributed by atoms with Crippen molar-refractivity contribution in [2.24, 2.45) is 5.73 Å². The Hall–Kier alpha value is -1.00. The second-order valence-electron chi connectivity index (χ2n) is 3.81. The number of fused-ring (bicyclic) bond motifs is 1. The van der Waals surface area contributed by atoms with E-state index >= 15 is 0 Å². The van der Waals surface area contributed by atoms with Crippen LogP contribution in [0.5, 0.6) is 11.5 Å². The maximum atomic E-state index is 13.9. The van der Waals surface area contributed by atoms with Gasteiger partial charge in [-0.05, 0) is 30.5 Å². The van der Waals surface area contributed by atoms with Crippen LogP contribution in [0.15, 0.2) is 6.07 Å². The van der Waals surface area contributed by atoms with E-state index < -0.39 is 5.82 Å². The molecule has 0 bridgehead atoms. The number of benzene rings is 1. The zero-order chi connectivity index (χ0) is 11.7. The first kappa shape index (κ1) is 11.5. The molecule has 0 amide bonds. The first-order valence-corrected chi connectivity index (χ1v) is 5.50.